The monoisotopic (exact) mass is 262 g/mol. The van der Waals surface area contributed by atoms with E-state index in [1.165, 1.54) is 5.57 Å². The zero-order valence-corrected chi connectivity index (χ0v) is 11.6. The molecule has 1 aromatic carbocycles. The summed E-state index contributed by atoms with van der Waals surface area (Å²) in [6.45, 7) is 4.39. The minimum absolute atomic E-state index is 0.149. The van der Waals surface area contributed by atoms with E-state index in [4.69, 9.17) is 10.5 Å². The molecule has 0 amide bonds. The molecule has 0 saturated heterocycles. The molecule has 0 fully saturated rings. The highest BCUT2D eigenvalue weighted by Gasteiger charge is 2.14. The van der Waals surface area contributed by atoms with E-state index < -0.39 is 0 Å². The number of ether oxygens (including phenoxy) is 1. The third-order valence-corrected chi connectivity index (χ3v) is 3.50. The summed E-state index contributed by atoms with van der Waals surface area (Å²) in [5.74, 6) is 0.277. The lowest BCUT2D eigenvalue weighted by atomic mass is 10.1. The molecule has 0 radical (unpaired) electrons. The molecule has 0 spiro atoms. The second kappa shape index (κ2) is 6.08. The Balaban J connectivity index is 2.10. The highest BCUT2D eigenvalue weighted by atomic mass is 16.5. The summed E-state index contributed by atoms with van der Waals surface area (Å²) < 4.78 is 5.14. The number of aromatic hydroxyl groups is 1. The number of phenolic OH excluding ortho intramolecular Hbond substituents is 1. The van der Waals surface area contributed by atoms with Gasteiger partial charge in [-0.05, 0) is 25.0 Å². The van der Waals surface area contributed by atoms with E-state index in [0.29, 0.717) is 6.61 Å². The predicted octanol–water partition coefficient (Wildman–Crippen LogP) is 2.19. The van der Waals surface area contributed by atoms with Gasteiger partial charge in [-0.15, -0.1) is 0 Å². The Kier molecular flexibility index (Phi) is 4.45. The lowest BCUT2D eigenvalue weighted by Crippen LogP contribution is -2.29. The first-order chi connectivity index (χ1) is 9.11. The van der Waals surface area contributed by atoms with Crippen LogP contribution < -0.4 is 10.6 Å². The van der Waals surface area contributed by atoms with Gasteiger partial charge in [0.25, 0.3) is 0 Å². The van der Waals surface area contributed by atoms with Crippen molar-refractivity contribution < 1.29 is 9.84 Å². The quantitative estimate of drug-likeness (QED) is 0.817. The van der Waals surface area contributed by atoms with Crippen molar-refractivity contribution in [3.8, 4) is 5.75 Å². The zero-order chi connectivity index (χ0) is 13.8. The Morgan fingerprint density at radius 3 is 2.79 bits per heavy atom. The number of anilines is 1. The van der Waals surface area contributed by atoms with E-state index in [1.54, 1.807) is 13.2 Å². The van der Waals surface area contributed by atoms with Gasteiger partial charge in [0.1, 0.15) is 5.75 Å². The second-order valence-corrected chi connectivity index (χ2v) is 5.02. The van der Waals surface area contributed by atoms with Crippen LogP contribution in [-0.4, -0.2) is 31.9 Å². The number of nitrogens with zero attached hydrogens (tertiary/aromatic N) is 1. The second-order valence-electron chi connectivity index (χ2n) is 5.02. The van der Waals surface area contributed by atoms with E-state index in [-0.39, 0.29) is 11.8 Å². The first-order valence-corrected chi connectivity index (χ1v) is 6.62. The predicted molar refractivity (Wildman–Crippen MR) is 77.5 cm³/mol. The van der Waals surface area contributed by atoms with Crippen molar-refractivity contribution in [3.63, 3.8) is 0 Å². The summed E-state index contributed by atoms with van der Waals surface area (Å²) in [5.41, 5.74) is 8.97. The lowest BCUT2D eigenvalue weighted by molar-refractivity contribution is 0.222. The number of methoxy groups -OCH3 is 1. The smallest absolute Gasteiger partial charge is 0.122 e. The van der Waals surface area contributed by atoms with Crippen LogP contribution in [0, 0.1) is 0 Å². The van der Waals surface area contributed by atoms with Crippen molar-refractivity contribution in [2.75, 3.05) is 31.7 Å². The van der Waals surface area contributed by atoms with Crippen molar-refractivity contribution in [1.29, 1.82) is 0 Å². The number of nitrogens with two attached hydrogens (primary N) is 1. The van der Waals surface area contributed by atoms with Crippen LogP contribution in [0.4, 0.5) is 5.69 Å². The van der Waals surface area contributed by atoms with Crippen molar-refractivity contribution >= 4 is 5.69 Å². The molecular weight excluding hydrogens is 240 g/mol. The maximum Gasteiger partial charge on any atom is 0.122 e. The third kappa shape index (κ3) is 3.28. The molecule has 3 N–H and O–H groups in total. The molecule has 1 aliphatic rings. The number of phenols is 1. The fourth-order valence-electron chi connectivity index (χ4n) is 2.38. The van der Waals surface area contributed by atoms with Gasteiger partial charge >= 0.3 is 0 Å². The fraction of sp³-hybridized carbons (Fsp3) is 0.467. The minimum Gasteiger partial charge on any atom is -0.508 e. The molecule has 4 nitrogen and oxygen atoms in total. The van der Waals surface area contributed by atoms with E-state index in [9.17, 15) is 5.11 Å². The van der Waals surface area contributed by atoms with E-state index >= 15 is 0 Å². The Hall–Kier alpha value is -1.52. The SMILES string of the molecule is COCC1=CCN(c2ccc(C(C)N)c(O)c2)CC1. The fourth-order valence-corrected chi connectivity index (χ4v) is 2.38. The Morgan fingerprint density at radius 1 is 1.47 bits per heavy atom. The molecule has 1 heterocycles. The van der Waals surface area contributed by atoms with E-state index in [2.05, 4.69) is 11.0 Å². The molecule has 2 rings (SSSR count). The standard InChI is InChI=1S/C15H22N2O2/c1-11(16)14-4-3-13(9-15(14)18)17-7-5-12(6-8-17)10-19-2/h3-5,9,11,18H,6-8,10,16H2,1-2H3. The summed E-state index contributed by atoms with van der Waals surface area (Å²) >= 11 is 0. The Bertz CT molecular complexity index is 469. The molecule has 4 heteroatoms. The van der Waals surface area contributed by atoms with Gasteiger partial charge in [0.05, 0.1) is 6.61 Å². The molecule has 19 heavy (non-hydrogen) atoms. The molecular formula is C15H22N2O2. The van der Waals surface area contributed by atoms with Gasteiger partial charge in [0, 0.05) is 43.6 Å². The van der Waals surface area contributed by atoms with Gasteiger partial charge in [-0.2, -0.15) is 0 Å². The first-order valence-electron chi connectivity index (χ1n) is 6.62. The lowest BCUT2D eigenvalue weighted by Gasteiger charge is -2.28. The summed E-state index contributed by atoms with van der Waals surface area (Å²) in [6, 6.07) is 5.58. The van der Waals surface area contributed by atoms with Crippen LogP contribution >= 0.6 is 0 Å². The van der Waals surface area contributed by atoms with Crippen LogP contribution in [0.15, 0.2) is 29.8 Å². The van der Waals surface area contributed by atoms with Crippen LogP contribution in [0.2, 0.25) is 0 Å². The van der Waals surface area contributed by atoms with Crippen molar-refractivity contribution in [2.45, 2.75) is 19.4 Å². The van der Waals surface area contributed by atoms with Crippen LogP contribution in [0.3, 0.4) is 0 Å². The third-order valence-electron chi connectivity index (χ3n) is 3.50. The zero-order valence-electron chi connectivity index (χ0n) is 11.6. The van der Waals surface area contributed by atoms with Gasteiger partial charge in [-0.25, -0.2) is 0 Å². The summed E-state index contributed by atoms with van der Waals surface area (Å²) in [5, 5.41) is 9.99. The topological polar surface area (TPSA) is 58.7 Å². The number of rotatable bonds is 4. The molecule has 104 valence electrons. The van der Waals surface area contributed by atoms with Gasteiger partial charge in [0.15, 0.2) is 0 Å². The van der Waals surface area contributed by atoms with Crippen molar-refractivity contribution in [3.05, 3.63) is 35.4 Å². The summed E-state index contributed by atoms with van der Waals surface area (Å²) in [4.78, 5) is 2.24. The molecule has 0 aromatic heterocycles. The highest BCUT2D eigenvalue weighted by molar-refractivity contribution is 5.55. The molecule has 1 atom stereocenters. The van der Waals surface area contributed by atoms with Gasteiger partial charge in [-0.1, -0.05) is 12.1 Å². The van der Waals surface area contributed by atoms with Gasteiger partial charge in [-0.3, -0.25) is 0 Å². The highest BCUT2D eigenvalue weighted by Crippen LogP contribution is 2.29. The van der Waals surface area contributed by atoms with Crippen LogP contribution in [-0.2, 0) is 4.74 Å². The molecule has 0 bridgehead atoms. The Morgan fingerprint density at radius 2 is 2.26 bits per heavy atom. The molecule has 1 unspecified atom stereocenters. The van der Waals surface area contributed by atoms with Crippen LogP contribution in [0.5, 0.6) is 5.75 Å². The maximum absolute atomic E-state index is 9.99. The largest absolute Gasteiger partial charge is 0.508 e. The minimum atomic E-state index is -0.149. The molecule has 1 aromatic rings. The average molecular weight is 262 g/mol. The number of hydrogen-bond acceptors (Lipinski definition) is 4. The average Bonchev–Trinajstić information content (AvgIpc) is 2.39. The molecule has 0 saturated carbocycles. The van der Waals surface area contributed by atoms with Gasteiger partial charge < -0.3 is 20.5 Å². The maximum atomic E-state index is 9.99. The van der Waals surface area contributed by atoms with E-state index in [0.717, 1.165) is 30.8 Å². The molecule has 0 aliphatic carbocycles. The summed E-state index contributed by atoms with van der Waals surface area (Å²) in [6.07, 6.45) is 3.20. The van der Waals surface area contributed by atoms with Crippen molar-refractivity contribution in [2.24, 2.45) is 5.73 Å². The van der Waals surface area contributed by atoms with Crippen molar-refractivity contribution in [1.82, 2.24) is 0 Å². The summed E-state index contributed by atoms with van der Waals surface area (Å²) in [7, 11) is 1.72. The Labute approximate surface area is 114 Å². The number of hydrogen-bond donors (Lipinski definition) is 2. The van der Waals surface area contributed by atoms with Crippen LogP contribution in [0.1, 0.15) is 24.9 Å². The number of benzene rings is 1. The van der Waals surface area contributed by atoms with Gasteiger partial charge in [0.2, 0.25) is 0 Å². The first kappa shape index (κ1) is 13.9. The van der Waals surface area contributed by atoms with Crippen LogP contribution in [0.25, 0.3) is 0 Å². The molecule has 1 aliphatic heterocycles. The normalized spacial score (nSPS) is 17.2. The van der Waals surface area contributed by atoms with E-state index in [1.807, 2.05) is 19.1 Å².